The Bertz CT molecular complexity index is 645. The van der Waals surface area contributed by atoms with Gasteiger partial charge in [-0.2, -0.15) is 0 Å². The Balaban J connectivity index is 1.85. The standard InChI is InChI=1S/C17H27N5S2/c1-5-13-9-20-15(24-13)7-8-19-17(18-6-2)21-10-16-22-14(11-23-16)12(3)4/h9,11-12H,5-8,10H2,1-4H3,(H2,18,19,21). The lowest BCUT2D eigenvalue weighted by molar-refractivity contribution is 0.791. The van der Waals surface area contributed by atoms with Gasteiger partial charge in [-0.3, -0.25) is 0 Å². The molecule has 0 aliphatic carbocycles. The third kappa shape index (κ3) is 5.87. The number of aryl methyl sites for hydroxylation is 1. The number of hydrogen-bond donors (Lipinski definition) is 2. The number of rotatable bonds is 8. The molecule has 2 heterocycles. The van der Waals surface area contributed by atoms with Crippen molar-refractivity contribution in [2.24, 2.45) is 4.99 Å². The average Bonchev–Trinajstić information content (AvgIpc) is 3.22. The van der Waals surface area contributed by atoms with Gasteiger partial charge in [0, 0.05) is 36.0 Å². The van der Waals surface area contributed by atoms with Crippen LogP contribution in [0.15, 0.2) is 16.6 Å². The molecule has 0 amide bonds. The molecular weight excluding hydrogens is 338 g/mol. The minimum absolute atomic E-state index is 0.469. The summed E-state index contributed by atoms with van der Waals surface area (Å²) < 4.78 is 0. The molecule has 132 valence electrons. The lowest BCUT2D eigenvalue weighted by Crippen LogP contribution is -2.38. The molecular formula is C17H27N5S2. The van der Waals surface area contributed by atoms with E-state index < -0.39 is 0 Å². The summed E-state index contributed by atoms with van der Waals surface area (Å²) in [5.74, 6) is 1.31. The van der Waals surface area contributed by atoms with Crippen LogP contribution in [0.5, 0.6) is 0 Å². The van der Waals surface area contributed by atoms with Crippen LogP contribution < -0.4 is 10.6 Å². The van der Waals surface area contributed by atoms with Crippen LogP contribution in [0.3, 0.4) is 0 Å². The summed E-state index contributed by atoms with van der Waals surface area (Å²) >= 11 is 3.48. The quantitative estimate of drug-likeness (QED) is 0.554. The molecule has 2 rings (SSSR count). The maximum absolute atomic E-state index is 4.63. The van der Waals surface area contributed by atoms with Gasteiger partial charge >= 0.3 is 0 Å². The maximum Gasteiger partial charge on any atom is 0.191 e. The van der Waals surface area contributed by atoms with Crippen LogP contribution in [0.1, 0.15) is 54.2 Å². The third-order valence-corrected chi connectivity index (χ3v) is 5.51. The molecule has 0 fully saturated rings. The summed E-state index contributed by atoms with van der Waals surface area (Å²) in [4.78, 5) is 15.1. The zero-order valence-corrected chi connectivity index (χ0v) is 16.6. The van der Waals surface area contributed by atoms with Crippen molar-refractivity contribution in [2.75, 3.05) is 13.1 Å². The maximum atomic E-state index is 4.63. The van der Waals surface area contributed by atoms with Crippen LogP contribution in [0, 0.1) is 0 Å². The highest BCUT2D eigenvalue weighted by Crippen LogP contribution is 2.18. The summed E-state index contributed by atoms with van der Waals surface area (Å²) in [6, 6.07) is 0. The minimum Gasteiger partial charge on any atom is -0.357 e. The molecule has 0 atom stereocenters. The van der Waals surface area contributed by atoms with Gasteiger partial charge in [-0.15, -0.1) is 22.7 Å². The molecule has 0 unspecified atom stereocenters. The largest absolute Gasteiger partial charge is 0.357 e. The number of nitrogens with one attached hydrogen (secondary N) is 2. The van der Waals surface area contributed by atoms with E-state index in [-0.39, 0.29) is 0 Å². The Morgan fingerprint density at radius 3 is 2.71 bits per heavy atom. The van der Waals surface area contributed by atoms with Crippen LogP contribution in [0.2, 0.25) is 0 Å². The molecule has 5 nitrogen and oxygen atoms in total. The topological polar surface area (TPSA) is 62.2 Å². The van der Waals surface area contributed by atoms with Crippen molar-refractivity contribution in [2.45, 2.75) is 53.0 Å². The van der Waals surface area contributed by atoms with Gasteiger partial charge in [-0.1, -0.05) is 20.8 Å². The van der Waals surface area contributed by atoms with Gasteiger partial charge in [0.1, 0.15) is 5.01 Å². The Hall–Kier alpha value is -1.47. The number of thiazole rings is 2. The molecule has 2 aromatic rings. The van der Waals surface area contributed by atoms with E-state index in [1.165, 1.54) is 9.88 Å². The van der Waals surface area contributed by atoms with E-state index in [1.807, 2.05) is 6.20 Å². The second-order valence-electron chi connectivity index (χ2n) is 5.77. The first-order valence-electron chi connectivity index (χ1n) is 8.52. The molecule has 0 aliphatic heterocycles. The first kappa shape index (κ1) is 18.9. The van der Waals surface area contributed by atoms with Crippen LogP contribution in [-0.4, -0.2) is 29.0 Å². The monoisotopic (exact) mass is 365 g/mol. The summed E-state index contributed by atoms with van der Waals surface area (Å²) in [7, 11) is 0. The zero-order valence-electron chi connectivity index (χ0n) is 14.9. The Morgan fingerprint density at radius 2 is 2.08 bits per heavy atom. The molecule has 24 heavy (non-hydrogen) atoms. The highest BCUT2D eigenvalue weighted by molar-refractivity contribution is 7.11. The fourth-order valence-electron chi connectivity index (χ4n) is 2.07. The van der Waals surface area contributed by atoms with E-state index in [9.17, 15) is 0 Å². The van der Waals surface area contributed by atoms with Gasteiger partial charge < -0.3 is 10.6 Å². The van der Waals surface area contributed by atoms with E-state index >= 15 is 0 Å². The van der Waals surface area contributed by atoms with Crippen molar-refractivity contribution in [1.82, 2.24) is 20.6 Å². The third-order valence-electron chi connectivity index (χ3n) is 3.46. The Labute approximate surface area is 152 Å². The number of nitrogens with zero attached hydrogens (tertiary/aromatic N) is 3. The Kier molecular flexibility index (Phi) is 7.65. The van der Waals surface area contributed by atoms with Crippen molar-refractivity contribution < 1.29 is 0 Å². The van der Waals surface area contributed by atoms with Crippen LogP contribution in [0.25, 0.3) is 0 Å². The van der Waals surface area contributed by atoms with Crippen molar-refractivity contribution in [3.05, 3.63) is 32.2 Å². The molecule has 2 N–H and O–H groups in total. The second kappa shape index (κ2) is 9.74. The van der Waals surface area contributed by atoms with Crippen LogP contribution >= 0.6 is 22.7 Å². The number of hydrogen-bond acceptors (Lipinski definition) is 5. The average molecular weight is 366 g/mol. The zero-order chi connectivity index (χ0) is 17.4. The predicted octanol–water partition coefficient (Wildman–Crippen LogP) is 3.58. The first-order chi connectivity index (χ1) is 11.6. The lowest BCUT2D eigenvalue weighted by Gasteiger charge is -2.10. The fraction of sp³-hybridized carbons (Fsp3) is 0.588. The smallest absolute Gasteiger partial charge is 0.191 e. The summed E-state index contributed by atoms with van der Waals surface area (Å²) in [5.41, 5.74) is 1.15. The van der Waals surface area contributed by atoms with E-state index in [2.05, 4.69) is 58.7 Å². The lowest BCUT2D eigenvalue weighted by atomic mass is 10.2. The SMILES string of the molecule is CCNC(=NCc1nc(C(C)C)cs1)NCCc1ncc(CC)s1. The fourth-order valence-corrected chi connectivity index (χ4v) is 3.81. The predicted molar refractivity (Wildman–Crippen MR) is 104 cm³/mol. The second-order valence-corrected chi connectivity index (χ2v) is 7.91. The van der Waals surface area contributed by atoms with Gasteiger partial charge in [0.15, 0.2) is 5.96 Å². The molecule has 7 heteroatoms. The minimum atomic E-state index is 0.469. The van der Waals surface area contributed by atoms with E-state index in [1.54, 1.807) is 22.7 Å². The first-order valence-corrected chi connectivity index (χ1v) is 10.2. The van der Waals surface area contributed by atoms with Crippen molar-refractivity contribution >= 4 is 28.6 Å². The molecule has 2 aromatic heterocycles. The summed E-state index contributed by atoms with van der Waals surface area (Å²) in [6.45, 7) is 10.9. The molecule has 0 aliphatic rings. The van der Waals surface area contributed by atoms with Crippen molar-refractivity contribution in [1.29, 1.82) is 0 Å². The van der Waals surface area contributed by atoms with Gasteiger partial charge in [-0.05, 0) is 19.3 Å². The van der Waals surface area contributed by atoms with Crippen LogP contribution in [0.4, 0.5) is 0 Å². The van der Waals surface area contributed by atoms with Crippen molar-refractivity contribution in [3.63, 3.8) is 0 Å². The summed E-state index contributed by atoms with van der Waals surface area (Å²) in [5, 5.41) is 11.0. The highest BCUT2D eigenvalue weighted by Gasteiger charge is 2.06. The highest BCUT2D eigenvalue weighted by atomic mass is 32.1. The van der Waals surface area contributed by atoms with Crippen LogP contribution in [-0.2, 0) is 19.4 Å². The Morgan fingerprint density at radius 1 is 1.25 bits per heavy atom. The normalized spacial score (nSPS) is 12.0. The molecule has 0 saturated carbocycles. The number of guanidine groups is 1. The van der Waals surface area contributed by atoms with Gasteiger partial charge in [0.05, 0.1) is 17.2 Å². The van der Waals surface area contributed by atoms with Gasteiger partial charge in [0.2, 0.25) is 0 Å². The van der Waals surface area contributed by atoms with E-state index in [0.29, 0.717) is 12.5 Å². The molecule has 0 radical (unpaired) electrons. The molecule has 0 spiro atoms. The number of aliphatic imine (C=N–C) groups is 1. The molecule has 0 saturated heterocycles. The van der Waals surface area contributed by atoms with Crippen molar-refractivity contribution in [3.8, 4) is 0 Å². The molecule has 0 bridgehead atoms. The van der Waals surface area contributed by atoms with E-state index in [0.717, 1.165) is 42.6 Å². The summed E-state index contributed by atoms with van der Waals surface area (Å²) in [6.07, 6.45) is 3.96. The number of aromatic nitrogens is 2. The van der Waals surface area contributed by atoms with Gasteiger partial charge in [-0.25, -0.2) is 15.0 Å². The molecule has 0 aromatic carbocycles. The van der Waals surface area contributed by atoms with Gasteiger partial charge in [0.25, 0.3) is 0 Å². The van der Waals surface area contributed by atoms with E-state index in [4.69, 9.17) is 0 Å².